The number of halogens is 1. The van der Waals surface area contributed by atoms with E-state index < -0.39 is 12.1 Å². The van der Waals surface area contributed by atoms with Gasteiger partial charge in [0.15, 0.2) is 5.69 Å². The zero-order valence-electron chi connectivity index (χ0n) is 10.7. The Labute approximate surface area is 114 Å². The second kappa shape index (κ2) is 4.98. The first-order chi connectivity index (χ1) is 8.18. The molecule has 2 N–H and O–H groups in total. The average molecular weight is 315 g/mol. The van der Waals surface area contributed by atoms with Crippen molar-refractivity contribution in [3.8, 4) is 6.07 Å². The van der Waals surface area contributed by atoms with Crippen LogP contribution in [0.25, 0.3) is 0 Å². The van der Waals surface area contributed by atoms with Crippen LogP contribution in [0.4, 0.5) is 4.79 Å². The van der Waals surface area contributed by atoms with E-state index in [4.69, 9.17) is 10.4 Å². The minimum absolute atomic E-state index is 0.244. The van der Waals surface area contributed by atoms with Crippen molar-refractivity contribution in [2.75, 3.05) is 0 Å². The van der Waals surface area contributed by atoms with Gasteiger partial charge in [-0.1, -0.05) is 20.8 Å². The van der Waals surface area contributed by atoms with Crippen LogP contribution >= 0.6 is 15.9 Å². The number of aryl methyl sites for hydroxylation is 1. The summed E-state index contributed by atoms with van der Waals surface area (Å²) in [6.45, 7) is 5.75. The Morgan fingerprint density at radius 2 is 2.17 bits per heavy atom. The molecule has 1 unspecified atom stereocenters. The fourth-order valence-corrected chi connectivity index (χ4v) is 2.37. The number of nitriles is 1. The molecule has 1 heterocycles. The molecular weight excluding hydrogens is 300 g/mol. The molecule has 1 amide bonds. The first-order valence-electron chi connectivity index (χ1n) is 5.30. The Morgan fingerprint density at radius 1 is 1.61 bits per heavy atom. The molecule has 1 aromatic rings. The summed E-state index contributed by atoms with van der Waals surface area (Å²) in [7, 11) is 1.68. The van der Waals surface area contributed by atoms with Gasteiger partial charge in [0, 0.05) is 7.05 Å². The smallest absolute Gasteiger partial charge is 0.405 e. The van der Waals surface area contributed by atoms with Crippen LogP contribution in [0.2, 0.25) is 0 Å². The number of carboxylic acid groups (broad SMARTS) is 1. The molecule has 1 atom stereocenters. The molecule has 0 fully saturated rings. The Morgan fingerprint density at radius 3 is 2.50 bits per heavy atom. The van der Waals surface area contributed by atoms with E-state index in [0.29, 0.717) is 10.2 Å². The van der Waals surface area contributed by atoms with Gasteiger partial charge in [0.25, 0.3) is 0 Å². The molecule has 0 aliphatic heterocycles. The Balaban J connectivity index is 3.35. The Bertz CT molecular complexity index is 510. The van der Waals surface area contributed by atoms with Crippen molar-refractivity contribution in [2.24, 2.45) is 12.5 Å². The average Bonchev–Trinajstić information content (AvgIpc) is 2.49. The number of nitrogens with one attached hydrogen (secondary N) is 1. The molecule has 6 nitrogen and oxygen atoms in total. The largest absolute Gasteiger partial charge is 0.465 e. The summed E-state index contributed by atoms with van der Waals surface area (Å²) in [4.78, 5) is 10.9. The zero-order valence-corrected chi connectivity index (χ0v) is 12.2. The molecule has 0 saturated heterocycles. The lowest BCUT2D eigenvalue weighted by Crippen LogP contribution is -2.37. The van der Waals surface area contributed by atoms with Crippen molar-refractivity contribution < 1.29 is 9.90 Å². The topological polar surface area (TPSA) is 90.9 Å². The van der Waals surface area contributed by atoms with Crippen LogP contribution in [0.3, 0.4) is 0 Å². The summed E-state index contributed by atoms with van der Waals surface area (Å²) < 4.78 is 2.05. The number of amides is 1. The summed E-state index contributed by atoms with van der Waals surface area (Å²) >= 11 is 3.31. The van der Waals surface area contributed by atoms with E-state index in [-0.39, 0.29) is 11.1 Å². The lowest BCUT2D eigenvalue weighted by atomic mass is 9.84. The first-order valence-corrected chi connectivity index (χ1v) is 6.09. The number of rotatable bonds is 2. The maximum absolute atomic E-state index is 10.9. The van der Waals surface area contributed by atoms with E-state index in [1.165, 1.54) is 4.68 Å². The standard InChI is InChI=1S/C11H15BrN4O2/c1-11(2,3)9(14-10(17)18)8-7(12)6(5-13)15-16(8)4/h9,14H,1-4H3,(H,17,18). The molecule has 7 heteroatoms. The van der Waals surface area contributed by atoms with Gasteiger partial charge in [-0.3, -0.25) is 4.68 Å². The van der Waals surface area contributed by atoms with E-state index in [2.05, 4.69) is 26.3 Å². The molecule has 0 spiro atoms. The van der Waals surface area contributed by atoms with Crippen LogP contribution in [0.5, 0.6) is 0 Å². The molecule has 18 heavy (non-hydrogen) atoms. The SMILES string of the molecule is Cn1nc(C#N)c(Br)c1C(NC(=O)O)C(C)(C)C. The monoisotopic (exact) mass is 314 g/mol. The molecule has 0 radical (unpaired) electrons. The number of hydrogen-bond donors (Lipinski definition) is 2. The molecule has 0 aliphatic carbocycles. The maximum atomic E-state index is 10.9. The fourth-order valence-electron chi connectivity index (χ4n) is 1.71. The van der Waals surface area contributed by atoms with Crippen LogP contribution in [0, 0.1) is 16.7 Å². The third-order valence-corrected chi connectivity index (χ3v) is 3.33. The predicted octanol–water partition coefficient (Wildman–Crippen LogP) is 2.41. The third kappa shape index (κ3) is 2.82. The minimum atomic E-state index is -1.11. The van der Waals surface area contributed by atoms with Crippen LogP contribution in [0.1, 0.15) is 38.2 Å². The molecule has 98 valence electrons. The van der Waals surface area contributed by atoms with Crippen molar-refractivity contribution in [1.82, 2.24) is 15.1 Å². The summed E-state index contributed by atoms with van der Waals surface area (Å²) in [5, 5.41) is 24.4. The van der Waals surface area contributed by atoms with Crippen molar-refractivity contribution in [3.05, 3.63) is 15.9 Å². The number of nitrogens with zero attached hydrogens (tertiary/aromatic N) is 3. The van der Waals surface area contributed by atoms with Gasteiger partial charge >= 0.3 is 6.09 Å². The highest BCUT2D eigenvalue weighted by molar-refractivity contribution is 9.10. The Kier molecular flexibility index (Phi) is 4.02. The highest BCUT2D eigenvalue weighted by Crippen LogP contribution is 2.37. The van der Waals surface area contributed by atoms with Crippen molar-refractivity contribution >= 4 is 22.0 Å². The van der Waals surface area contributed by atoms with Crippen molar-refractivity contribution in [3.63, 3.8) is 0 Å². The van der Waals surface area contributed by atoms with Crippen molar-refractivity contribution in [1.29, 1.82) is 5.26 Å². The summed E-state index contributed by atoms with van der Waals surface area (Å²) in [6, 6.07) is 1.49. The second-order valence-electron chi connectivity index (χ2n) is 5.03. The lowest BCUT2D eigenvalue weighted by molar-refractivity contribution is 0.172. The van der Waals surface area contributed by atoms with E-state index in [9.17, 15) is 4.79 Å². The van der Waals surface area contributed by atoms with Crippen LogP contribution in [0.15, 0.2) is 4.47 Å². The van der Waals surface area contributed by atoms with Crippen LogP contribution in [-0.2, 0) is 7.05 Å². The van der Waals surface area contributed by atoms with E-state index in [0.717, 1.165) is 0 Å². The molecule has 1 rings (SSSR count). The number of aromatic nitrogens is 2. The minimum Gasteiger partial charge on any atom is -0.465 e. The highest BCUT2D eigenvalue weighted by Gasteiger charge is 2.33. The molecule has 0 aromatic carbocycles. The predicted molar refractivity (Wildman–Crippen MR) is 69.0 cm³/mol. The molecular formula is C11H15BrN4O2. The number of carbonyl (C=O) groups is 1. The summed E-state index contributed by atoms with van der Waals surface area (Å²) in [5.74, 6) is 0. The number of hydrogen-bond acceptors (Lipinski definition) is 3. The highest BCUT2D eigenvalue weighted by atomic mass is 79.9. The van der Waals surface area contributed by atoms with Gasteiger partial charge in [0.2, 0.25) is 0 Å². The lowest BCUT2D eigenvalue weighted by Gasteiger charge is -2.30. The van der Waals surface area contributed by atoms with Gasteiger partial charge in [0.1, 0.15) is 6.07 Å². The fraction of sp³-hybridized carbons (Fsp3) is 0.545. The molecule has 0 aliphatic rings. The van der Waals surface area contributed by atoms with E-state index in [1.54, 1.807) is 7.05 Å². The van der Waals surface area contributed by atoms with E-state index >= 15 is 0 Å². The van der Waals surface area contributed by atoms with Gasteiger partial charge in [0.05, 0.1) is 16.2 Å². The van der Waals surface area contributed by atoms with Gasteiger partial charge in [-0.15, -0.1) is 0 Å². The van der Waals surface area contributed by atoms with Crippen LogP contribution < -0.4 is 5.32 Å². The van der Waals surface area contributed by atoms with Gasteiger partial charge in [-0.05, 0) is 21.3 Å². The summed E-state index contributed by atoms with van der Waals surface area (Å²) in [5.41, 5.74) is 0.539. The van der Waals surface area contributed by atoms with E-state index in [1.807, 2.05) is 26.8 Å². The normalized spacial score (nSPS) is 12.9. The molecule has 0 bridgehead atoms. The van der Waals surface area contributed by atoms with Crippen LogP contribution in [-0.4, -0.2) is 21.0 Å². The third-order valence-electron chi connectivity index (χ3n) is 2.54. The second-order valence-corrected chi connectivity index (χ2v) is 5.82. The molecule has 1 aromatic heterocycles. The zero-order chi connectivity index (χ0) is 14.1. The summed E-state index contributed by atoms with van der Waals surface area (Å²) in [6.07, 6.45) is -1.11. The van der Waals surface area contributed by atoms with Gasteiger partial charge < -0.3 is 10.4 Å². The van der Waals surface area contributed by atoms with Gasteiger partial charge in [-0.2, -0.15) is 10.4 Å². The Hall–Kier alpha value is -1.55. The quantitative estimate of drug-likeness (QED) is 0.877. The van der Waals surface area contributed by atoms with Gasteiger partial charge in [-0.25, -0.2) is 4.79 Å². The maximum Gasteiger partial charge on any atom is 0.405 e. The van der Waals surface area contributed by atoms with Crippen molar-refractivity contribution in [2.45, 2.75) is 26.8 Å². The molecule has 0 saturated carbocycles. The first kappa shape index (κ1) is 14.5.